The van der Waals surface area contributed by atoms with Crippen molar-refractivity contribution in [3.63, 3.8) is 0 Å². The van der Waals surface area contributed by atoms with Gasteiger partial charge in [0.25, 0.3) is 5.91 Å². The normalized spacial score (nSPS) is 10.9. The van der Waals surface area contributed by atoms with Gasteiger partial charge >= 0.3 is 0 Å². The predicted molar refractivity (Wildman–Crippen MR) is 131 cm³/mol. The number of nitrogens with one attached hydrogen (secondary N) is 2. The maximum Gasteiger partial charge on any atom is 0.271 e. The van der Waals surface area contributed by atoms with E-state index in [0.717, 1.165) is 5.56 Å². The second kappa shape index (κ2) is 12.1. The van der Waals surface area contributed by atoms with E-state index in [2.05, 4.69) is 15.8 Å². The number of hydrogen-bond acceptors (Lipinski definition) is 6. The molecule has 3 aromatic carbocycles. The number of carbonyl (C=O) groups excluding carboxylic acids is 2. The van der Waals surface area contributed by atoms with Gasteiger partial charge in [0.05, 0.1) is 20.6 Å². The molecule has 8 nitrogen and oxygen atoms in total. The van der Waals surface area contributed by atoms with Gasteiger partial charge in [0, 0.05) is 23.0 Å². The quantitative estimate of drug-likeness (QED) is 0.344. The number of carbonyl (C=O) groups is 2. The SMILES string of the molecule is COc1cc(OC)cc(C(=O)N/N=C(\C)CC(=O)Nc2ccc(OCc3ccccc3)cc2)c1. The summed E-state index contributed by atoms with van der Waals surface area (Å²) in [7, 11) is 3.01. The Labute approximate surface area is 198 Å². The van der Waals surface area contributed by atoms with E-state index >= 15 is 0 Å². The number of hydrazone groups is 1. The minimum Gasteiger partial charge on any atom is -0.497 e. The highest BCUT2D eigenvalue weighted by Crippen LogP contribution is 2.22. The lowest BCUT2D eigenvalue weighted by Gasteiger charge is -2.09. The molecule has 0 unspecified atom stereocenters. The molecule has 176 valence electrons. The molecule has 8 heteroatoms. The van der Waals surface area contributed by atoms with E-state index in [1.165, 1.54) is 14.2 Å². The average Bonchev–Trinajstić information content (AvgIpc) is 2.87. The van der Waals surface area contributed by atoms with Crippen molar-refractivity contribution < 1.29 is 23.8 Å². The molecule has 0 spiro atoms. The first kappa shape index (κ1) is 24.3. The summed E-state index contributed by atoms with van der Waals surface area (Å²) >= 11 is 0. The van der Waals surface area contributed by atoms with Gasteiger partial charge in [-0.3, -0.25) is 9.59 Å². The largest absolute Gasteiger partial charge is 0.497 e. The van der Waals surface area contributed by atoms with Crippen molar-refractivity contribution >= 4 is 23.2 Å². The average molecular weight is 462 g/mol. The Morgan fingerprint density at radius 1 is 0.853 bits per heavy atom. The third-order valence-electron chi connectivity index (χ3n) is 4.76. The lowest BCUT2D eigenvalue weighted by Crippen LogP contribution is -2.21. The van der Waals surface area contributed by atoms with E-state index in [1.807, 2.05) is 30.3 Å². The van der Waals surface area contributed by atoms with Gasteiger partial charge in [0.15, 0.2) is 0 Å². The van der Waals surface area contributed by atoms with E-state index in [0.29, 0.717) is 40.8 Å². The van der Waals surface area contributed by atoms with Gasteiger partial charge in [-0.15, -0.1) is 0 Å². The minimum absolute atomic E-state index is 0.0218. The summed E-state index contributed by atoms with van der Waals surface area (Å²) in [5.41, 5.74) is 4.93. The maximum absolute atomic E-state index is 12.4. The lowest BCUT2D eigenvalue weighted by atomic mass is 10.2. The third-order valence-corrected chi connectivity index (χ3v) is 4.76. The highest BCUT2D eigenvalue weighted by atomic mass is 16.5. The van der Waals surface area contributed by atoms with E-state index in [4.69, 9.17) is 14.2 Å². The van der Waals surface area contributed by atoms with Crippen LogP contribution in [0.15, 0.2) is 77.9 Å². The Balaban J connectivity index is 1.49. The summed E-state index contributed by atoms with van der Waals surface area (Å²) in [6.07, 6.45) is 0.0218. The predicted octanol–water partition coefficient (Wildman–Crippen LogP) is 4.42. The van der Waals surface area contributed by atoms with Crippen LogP contribution in [0, 0.1) is 0 Å². The molecule has 2 amide bonds. The van der Waals surface area contributed by atoms with Crippen molar-refractivity contribution in [1.82, 2.24) is 5.43 Å². The van der Waals surface area contributed by atoms with Crippen LogP contribution >= 0.6 is 0 Å². The molecule has 0 heterocycles. The molecule has 0 aliphatic heterocycles. The van der Waals surface area contributed by atoms with Crippen molar-refractivity contribution in [2.24, 2.45) is 5.10 Å². The number of rotatable bonds is 10. The Hall–Kier alpha value is -4.33. The van der Waals surface area contributed by atoms with Crippen molar-refractivity contribution in [3.05, 3.63) is 83.9 Å². The number of nitrogens with zero attached hydrogens (tertiary/aromatic N) is 1. The van der Waals surface area contributed by atoms with Crippen LogP contribution < -0.4 is 25.0 Å². The number of methoxy groups -OCH3 is 2. The number of hydrogen-bond donors (Lipinski definition) is 2. The van der Waals surface area contributed by atoms with Crippen LogP contribution in [-0.4, -0.2) is 31.7 Å². The highest BCUT2D eigenvalue weighted by molar-refractivity contribution is 6.06. The smallest absolute Gasteiger partial charge is 0.271 e. The van der Waals surface area contributed by atoms with Crippen LogP contribution in [0.3, 0.4) is 0 Å². The fourth-order valence-corrected chi connectivity index (χ4v) is 3.00. The van der Waals surface area contributed by atoms with E-state index in [1.54, 1.807) is 49.4 Å². The summed E-state index contributed by atoms with van der Waals surface area (Å²) in [5.74, 6) is 0.984. The van der Waals surface area contributed by atoms with Gasteiger partial charge < -0.3 is 19.5 Å². The molecule has 0 aromatic heterocycles. The maximum atomic E-state index is 12.4. The molecule has 0 radical (unpaired) electrons. The van der Waals surface area contributed by atoms with Crippen LogP contribution in [0.2, 0.25) is 0 Å². The zero-order valence-electron chi connectivity index (χ0n) is 19.3. The molecule has 0 aliphatic rings. The molecular formula is C26H27N3O5. The standard InChI is InChI=1S/C26H27N3O5/c1-18(28-29-26(31)20-14-23(32-2)16-24(15-20)33-3)13-25(30)27-21-9-11-22(12-10-21)34-17-19-7-5-4-6-8-19/h4-12,14-16H,13,17H2,1-3H3,(H,27,30)(H,29,31)/b28-18+. The van der Waals surface area contributed by atoms with Gasteiger partial charge in [-0.05, 0) is 48.9 Å². The van der Waals surface area contributed by atoms with Gasteiger partial charge in [0.2, 0.25) is 5.91 Å². The first-order valence-electron chi connectivity index (χ1n) is 10.6. The molecule has 3 rings (SSSR count). The van der Waals surface area contributed by atoms with Crippen LogP contribution in [0.4, 0.5) is 5.69 Å². The Bertz CT molecular complexity index is 1120. The minimum atomic E-state index is -0.442. The molecule has 0 fully saturated rings. The molecule has 2 N–H and O–H groups in total. The Morgan fingerprint density at radius 3 is 2.12 bits per heavy atom. The Kier molecular flexibility index (Phi) is 8.62. The van der Waals surface area contributed by atoms with E-state index in [-0.39, 0.29) is 12.3 Å². The summed E-state index contributed by atoms with van der Waals surface area (Å²) in [6.45, 7) is 2.13. The number of ether oxygens (including phenoxy) is 3. The molecule has 0 bridgehead atoms. The monoisotopic (exact) mass is 461 g/mol. The number of benzene rings is 3. The molecule has 3 aromatic rings. The molecule has 0 aliphatic carbocycles. The van der Waals surface area contributed by atoms with Gasteiger partial charge in [-0.1, -0.05) is 30.3 Å². The molecule has 0 saturated carbocycles. The van der Waals surface area contributed by atoms with Gasteiger partial charge in [-0.25, -0.2) is 5.43 Å². The summed E-state index contributed by atoms with van der Waals surface area (Å²) < 4.78 is 16.1. The molecule has 0 atom stereocenters. The number of amides is 2. The summed E-state index contributed by atoms with van der Waals surface area (Å²) in [6, 6.07) is 21.8. The summed E-state index contributed by atoms with van der Waals surface area (Å²) in [5, 5.41) is 6.82. The topological polar surface area (TPSA) is 98.3 Å². The van der Waals surface area contributed by atoms with E-state index < -0.39 is 5.91 Å². The molecule has 0 saturated heterocycles. The van der Waals surface area contributed by atoms with Crippen molar-refractivity contribution in [1.29, 1.82) is 0 Å². The van der Waals surface area contributed by atoms with Crippen LogP contribution in [-0.2, 0) is 11.4 Å². The van der Waals surface area contributed by atoms with Gasteiger partial charge in [0.1, 0.15) is 23.9 Å². The first-order valence-corrected chi connectivity index (χ1v) is 10.6. The van der Waals surface area contributed by atoms with Gasteiger partial charge in [-0.2, -0.15) is 5.10 Å². The Morgan fingerprint density at radius 2 is 1.50 bits per heavy atom. The second-order valence-corrected chi connectivity index (χ2v) is 7.41. The molecule has 34 heavy (non-hydrogen) atoms. The lowest BCUT2D eigenvalue weighted by molar-refractivity contribution is -0.115. The highest BCUT2D eigenvalue weighted by Gasteiger charge is 2.10. The second-order valence-electron chi connectivity index (χ2n) is 7.41. The van der Waals surface area contributed by atoms with Crippen molar-refractivity contribution in [3.8, 4) is 17.2 Å². The first-order chi connectivity index (χ1) is 16.5. The van der Waals surface area contributed by atoms with Crippen LogP contribution in [0.1, 0.15) is 29.3 Å². The number of anilines is 1. The van der Waals surface area contributed by atoms with E-state index in [9.17, 15) is 9.59 Å². The van der Waals surface area contributed by atoms with Crippen molar-refractivity contribution in [2.75, 3.05) is 19.5 Å². The fourth-order valence-electron chi connectivity index (χ4n) is 3.00. The van der Waals surface area contributed by atoms with Crippen LogP contribution in [0.5, 0.6) is 17.2 Å². The van der Waals surface area contributed by atoms with Crippen molar-refractivity contribution in [2.45, 2.75) is 20.0 Å². The van der Waals surface area contributed by atoms with Crippen LogP contribution in [0.25, 0.3) is 0 Å². The fraction of sp³-hybridized carbons (Fsp3) is 0.192. The zero-order valence-corrected chi connectivity index (χ0v) is 19.3. The summed E-state index contributed by atoms with van der Waals surface area (Å²) in [4.78, 5) is 24.7. The zero-order chi connectivity index (χ0) is 24.3. The molecular weight excluding hydrogens is 434 g/mol. The third kappa shape index (κ3) is 7.37.